The first-order valence-electron chi connectivity index (χ1n) is 11.7. The van der Waals surface area contributed by atoms with Crippen LogP contribution < -0.4 is 5.73 Å². The number of ketones is 2. The second-order valence-corrected chi connectivity index (χ2v) is 11.2. The smallest absolute Gasteiger partial charge is 0.230 e. The number of hydrogen-bond acceptors (Lipinski definition) is 8. The molecule has 10 heteroatoms. The Kier molecular flexibility index (Phi) is 5.54. The molecule has 192 valence electrons. The van der Waals surface area contributed by atoms with E-state index in [2.05, 4.69) is 0 Å². The first-order chi connectivity index (χ1) is 16.0. The fourth-order valence-corrected chi connectivity index (χ4v) is 7.73. The van der Waals surface area contributed by atoms with Crippen molar-refractivity contribution in [2.45, 2.75) is 64.4 Å². The van der Waals surface area contributed by atoms with E-state index >= 15 is 0 Å². The number of hydrogen-bond donors (Lipinski definition) is 6. The van der Waals surface area contributed by atoms with Crippen LogP contribution in [-0.4, -0.2) is 66.9 Å². The van der Waals surface area contributed by atoms with Gasteiger partial charge in [0, 0.05) is 10.8 Å². The summed E-state index contributed by atoms with van der Waals surface area (Å²) in [5, 5.41) is 57.1. The summed E-state index contributed by atoms with van der Waals surface area (Å²) in [5.74, 6) is -11.3. The zero-order valence-electron chi connectivity index (χ0n) is 20.2. The van der Waals surface area contributed by atoms with Gasteiger partial charge in [-0.15, -0.1) is 0 Å². The van der Waals surface area contributed by atoms with Crippen molar-refractivity contribution in [1.29, 1.82) is 0 Å². The molecular formula is C25H32FNO8. The number of halogens is 1. The van der Waals surface area contributed by atoms with Crippen LogP contribution >= 0.6 is 0 Å². The number of aromatic hydroxyl groups is 1. The Hall–Kier alpha value is -2.40. The van der Waals surface area contributed by atoms with Crippen LogP contribution in [0.5, 0.6) is 5.75 Å². The number of carbonyl (C=O) groups is 3. The van der Waals surface area contributed by atoms with Gasteiger partial charge in [-0.05, 0) is 29.4 Å². The summed E-state index contributed by atoms with van der Waals surface area (Å²) in [7, 11) is 0. The number of phenolic OH excluding ortho intramolecular Hbond substituents is 1. The molecule has 0 bridgehead atoms. The first kappa shape index (κ1) is 25.7. The van der Waals surface area contributed by atoms with E-state index in [0.29, 0.717) is 0 Å². The molecule has 0 aliphatic heterocycles. The van der Waals surface area contributed by atoms with Crippen LogP contribution in [0, 0.1) is 40.3 Å². The molecule has 1 aromatic rings. The van der Waals surface area contributed by atoms with E-state index in [4.69, 9.17) is 5.73 Å². The van der Waals surface area contributed by atoms with Crippen molar-refractivity contribution in [2.24, 2.45) is 40.2 Å². The second-order valence-electron chi connectivity index (χ2n) is 11.2. The molecule has 4 rings (SSSR count). The second kappa shape index (κ2) is 7.55. The standard InChI is InChI=1S/C25H32FNO8/c1-8(2)14-18(30)13(21(27)33)19(31)25(35)20(32)15-17(29)12-10(6-7-11(26)16(12)28)9(3)23(15,4)22(34)24(14,25)5/h6-9,13-15,18,20,22,28,30,32,34-35H,1-5H3,(H2,27,33)/t9-,13-,14+,15-,18?,20?,22-,23+,24+,25+/m1/s1. The van der Waals surface area contributed by atoms with Gasteiger partial charge in [-0.1, -0.05) is 40.7 Å². The lowest BCUT2D eigenvalue weighted by atomic mass is 9.36. The summed E-state index contributed by atoms with van der Waals surface area (Å²) in [6.45, 7) is 7.87. The third-order valence-corrected chi connectivity index (χ3v) is 9.57. The topological polar surface area (TPSA) is 178 Å². The van der Waals surface area contributed by atoms with Crippen LogP contribution in [0.25, 0.3) is 0 Å². The minimum Gasteiger partial charge on any atom is -0.504 e. The van der Waals surface area contributed by atoms with Crippen LogP contribution in [0.1, 0.15) is 56.5 Å². The number of carbonyl (C=O) groups excluding carboxylic acids is 3. The van der Waals surface area contributed by atoms with Crippen molar-refractivity contribution in [1.82, 2.24) is 0 Å². The highest BCUT2D eigenvalue weighted by Crippen LogP contribution is 2.68. The monoisotopic (exact) mass is 493 g/mol. The molecule has 1 aromatic carbocycles. The summed E-state index contributed by atoms with van der Waals surface area (Å²) in [6, 6.07) is 2.31. The molecule has 2 unspecified atom stereocenters. The minimum absolute atomic E-state index is 0.242. The number of nitrogens with two attached hydrogens (primary N) is 1. The van der Waals surface area contributed by atoms with Gasteiger partial charge in [-0.25, -0.2) is 4.39 Å². The minimum atomic E-state index is -2.86. The lowest BCUT2D eigenvalue weighted by Gasteiger charge is -2.69. The van der Waals surface area contributed by atoms with Gasteiger partial charge in [-0.3, -0.25) is 14.4 Å². The van der Waals surface area contributed by atoms with E-state index in [-0.39, 0.29) is 5.56 Å². The molecule has 0 aromatic heterocycles. The van der Waals surface area contributed by atoms with Gasteiger partial charge in [0.1, 0.15) is 12.0 Å². The van der Waals surface area contributed by atoms with Crippen molar-refractivity contribution in [2.75, 3.05) is 0 Å². The SMILES string of the molecule is CC(C)[C@H]1C(O)[C@@H](C(N)=O)C(=O)[C@]2(O)C(O)[C@H]3C(=O)c4c(ccc(F)c4O)[C@@H](C)[C@]3(C)[C@@H](O)[C@]12C. The number of amides is 1. The highest BCUT2D eigenvalue weighted by Gasteiger charge is 2.80. The molecule has 0 heterocycles. The molecule has 3 aliphatic carbocycles. The predicted molar refractivity (Wildman–Crippen MR) is 120 cm³/mol. The molecule has 10 atom stereocenters. The fourth-order valence-electron chi connectivity index (χ4n) is 7.73. The quantitative estimate of drug-likeness (QED) is 0.317. The number of phenols is 1. The van der Waals surface area contributed by atoms with Gasteiger partial charge in [0.25, 0.3) is 0 Å². The van der Waals surface area contributed by atoms with Crippen molar-refractivity contribution in [3.63, 3.8) is 0 Å². The number of aliphatic hydroxyl groups is 4. The summed E-state index contributed by atoms with van der Waals surface area (Å²) in [5.41, 5.74) is -1.04. The Balaban J connectivity index is 2.06. The Morgan fingerprint density at radius 2 is 1.71 bits per heavy atom. The lowest BCUT2D eigenvalue weighted by Crippen LogP contribution is -2.83. The number of aliphatic hydroxyl groups excluding tert-OH is 3. The number of benzene rings is 1. The van der Waals surface area contributed by atoms with Crippen LogP contribution in [0.2, 0.25) is 0 Å². The Morgan fingerprint density at radius 1 is 1.14 bits per heavy atom. The van der Waals surface area contributed by atoms with Crippen molar-refractivity contribution in [3.05, 3.63) is 29.1 Å². The summed E-state index contributed by atoms with van der Waals surface area (Å²) in [6.07, 6.45) is -5.48. The van der Waals surface area contributed by atoms with E-state index in [9.17, 15) is 44.3 Å². The third kappa shape index (κ3) is 2.68. The molecule has 0 spiro atoms. The van der Waals surface area contributed by atoms with Gasteiger partial charge in [0.2, 0.25) is 5.91 Å². The summed E-state index contributed by atoms with van der Waals surface area (Å²) >= 11 is 0. The number of rotatable bonds is 2. The molecule has 2 fully saturated rings. The van der Waals surface area contributed by atoms with E-state index in [0.717, 1.165) is 6.07 Å². The van der Waals surface area contributed by atoms with Crippen molar-refractivity contribution in [3.8, 4) is 5.75 Å². The van der Waals surface area contributed by atoms with Crippen molar-refractivity contribution < 1.29 is 44.3 Å². The number of fused-ring (bicyclic) bond motifs is 3. The number of Topliss-reactive ketones (excluding diaryl/α,β-unsaturated/α-hetero) is 2. The van der Waals surface area contributed by atoms with E-state index in [1.165, 1.54) is 19.9 Å². The zero-order chi connectivity index (χ0) is 26.6. The normalized spacial score (nSPS) is 45.1. The molecule has 35 heavy (non-hydrogen) atoms. The van der Waals surface area contributed by atoms with Crippen molar-refractivity contribution >= 4 is 17.5 Å². The molecule has 9 nitrogen and oxygen atoms in total. The lowest BCUT2D eigenvalue weighted by molar-refractivity contribution is -0.306. The van der Waals surface area contributed by atoms with Crippen LogP contribution in [0.4, 0.5) is 4.39 Å². The van der Waals surface area contributed by atoms with Gasteiger partial charge in [0.15, 0.2) is 28.7 Å². The third-order valence-electron chi connectivity index (χ3n) is 9.57. The Bertz CT molecular complexity index is 1140. The summed E-state index contributed by atoms with van der Waals surface area (Å²) < 4.78 is 14.2. The highest BCUT2D eigenvalue weighted by atomic mass is 19.1. The van der Waals surface area contributed by atoms with Crippen LogP contribution in [0.3, 0.4) is 0 Å². The van der Waals surface area contributed by atoms with Gasteiger partial charge in [-0.2, -0.15) is 0 Å². The average Bonchev–Trinajstić information content (AvgIpc) is 2.75. The Morgan fingerprint density at radius 3 is 2.23 bits per heavy atom. The highest BCUT2D eigenvalue weighted by molar-refractivity contribution is 6.09. The molecule has 3 aliphatic rings. The zero-order valence-corrected chi connectivity index (χ0v) is 20.2. The van der Waals surface area contributed by atoms with Gasteiger partial charge < -0.3 is 31.3 Å². The van der Waals surface area contributed by atoms with Crippen LogP contribution in [0.15, 0.2) is 12.1 Å². The van der Waals surface area contributed by atoms with E-state index in [1.54, 1.807) is 20.8 Å². The fraction of sp³-hybridized carbons (Fsp3) is 0.640. The molecule has 1 amide bonds. The van der Waals surface area contributed by atoms with E-state index in [1.807, 2.05) is 0 Å². The van der Waals surface area contributed by atoms with Gasteiger partial charge in [0.05, 0.1) is 23.7 Å². The maximum Gasteiger partial charge on any atom is 0.230 e. The maximum absolute atomic E-state index is 14.2. The predicted octanol–water partition coefficient (Wildman–Crippen LogP) is 0.244. The largest absolute Gasteiger partial charge is 0.504 e. The maximum atomic E-state index is 14.2. The number of primary amides is 1. The molecule has 7 N–H and O–H groups in total. The molecular weight excluding hydrogens is 461 g/mol. The first-order valence-corrected chi connectivity index (χ1v) is 11.7. The molecule has 0 radical (unpaired) electrons. The molecule has 2 saturated carbocycles. The van der Waals surface area contributed by atoms with Crippen LogP contribution in [-0.2, 0) is 9.59 Å². The molecule has 0 saturated heterocycles. The van der Waals surface area contributed by atoms with Gasteiger partial charge >= 0.3 is 0 Å². The Labute approximate surface area is 201 Å². The summed E-state index contributed by atoms with van der Waals surface area (Å²) in [4.78, 5) is 39.5. The average molecular weight is 494 g/mol. The van der Waals surface area contributed by atoms with E-state index < -0.39 is 98.9 Å².